The number of imidazole rings is 1. The quantitative estimate of drug-likeness (QED) is 0.705. The number of carbonyl (C=O) groups is 1. The van der Waals surface area contributed by atoms with E-state index in [1.54, 1.807) is 6.20 Å². The van der Waals surface area contributed by atoms with Crippen LogP contribution in [-0.4, -0.2) is 57.3 Å². The summed E-state index contributed by atoms with van der Waals surface area (Å²) >= 11 is 0. The fraction of sp³-hybridized carbons (Fsp3) is 0.364. The van der Waals surface area contributed by atoms with Crippen molar-refractivity contribution in [3.63, 3.8) is 0 Å². The number of nitrogens with zero attached hydrogens (tertiary/aromatic N) is 4. The summed E-state index contributed by atoms with van der Waals surface area (Å²) in [7, 11) is 0. The van der Waals surface area contributed by atoms with E-state index in [1.165, 1.54) is 11.1 Å². The predicted molar refractivity (Wildman–Crippen MR) is 105 cm³/mol. The van der Waals surface area contributed by atoms with Gasteiger partial charge in [-0.3, -0.25) is 9.69 Å². The van der Waals surface area contributed by atoms with E-state index in [0.29, 0.717) is 6.04 Å². The zero-order valence-electron chi connectivity index (χ0n) is 15.4. The van der Waals surface area contributed by atoms with Gasteiger partial charge in [-0.15, -0.1) is 0 Å². The molecular formula is C22H24N4O. The van der Waals surface area contributed by atoms with Crippen LogP contribution in [0.1, 0.15) is 27.9 Å². The number of benzene rings is 1. The minimum Gasteiger partial charge on any atom is -0.337 e. The highest BCUT2D eigenvalue weighted by molar-refractivity contribution is 5.94. The van der Waals surface area contributed by atoms with Gasteiger partial charge in [0.1, 0.15) is 5.65 Å². The lowest BCUT2D eigenvalue weighted by molar-refractivity contribution is 0.0757. The summed E-state index contributed by atoms with van der Waals surface area (Å²) in [6.45, 7) is 3.66. The van der Waals surface area contributed by atoms with Gasteiger partial charge in [0.15, 0.2) is 0 Å². The van der Waals surface area contributed by atoms with Crippen LogP contribution in [0.2, 0.25) is 0 Å². The van der Waals surface area contributed by atoms with Crippen LogP contribution in [-0.2, 0) is 12.8 Å². The molecule has 138 valence electrons. The molecule has 5 nitrogen and oxygen atoms in total. The van der Waals surface area contributed by atoms with E-state index < -0.39 is 0 Å². The maximum Gasteiger partial charge on any atom is 0.255 e. The molecule has 0 saturated carbocycles. The van der Waals surface area contributed by atoms with Gasteiger partial charge in [-0.05, 0) is 42.5 Å². The first-order valence-corrected chi connectivity index (χ1v) is 9.81. The topological polar surface area (TPSA) is 40.9 Å². The van der Waals surface area contributed by atoms with Crippen LogP contribution in [0, 0.1) is 0 Å². The summed E-state index contributed by atoms with van der Waals surface area (Å²) in [5.41, 5.74) is 4.60. The Balaban J connectivity index is 1.26. The van der Waals surface area contributed by atoms with Crippen LogP contribution in [0.4, 0.5) is 0 Å². The molecule has 0 N–H and O–H groups in total. The highest BCUT2D eigenvalue weighted by Crippen LogP contribution is 2.26. The number of pyridine rings is 1. The van der Waals surface area contributed by atoms with E-state index in [-0.39, 0.29) is 5.91 Å². The van der Waals surface area contributed by atoms with Gasteiger partial charge in [0, 0.05) is 50.8 Å². The average Bonchev–Trinajstić information content (AvgIpc) is 3.27. The first kappa shape index (κ1) is 16.5. The molecule has 1 aliphatic heterocycles. The fourth-order valence-corrected chi connectivity index (χ4v) is 4.53. The summed E-state index contributed by atoms with van der Waals surface area (Å²) in [6, 6.07) is 13.2. The zero-order valence-corrected chi connectivity index (χ0v) is 15.4. The largest absolute Gasteiger partial charge is 0.337 e. The van der Waals surface area contributed by atoms with Crippen molar-refractivity contribution in [2.24, 2.45) is 0 Å². The molecule has 1 aliphatic carbocycles. The lowest BCUT2D eigenvalue weighted by Gasteiger charge is -2.27. The standard InChI is InChI=1S/C22H24N4O/c27-22(19-6-7-21-23-8-11-26(21)16-19)25-10-3-9-24(12-13-25)20-14-17-4-1-2-5-18(17)15-20/h1-2,4-8,11,16,20H,3,9-10,12-15H2. The maximum atomic E-state index is 13.0. The molecule has 1 amide bonds. The van der Waals surface area contributed by atoms with Crippen molar-refractivity contribution in [2.45, 2.75) is 25.3 Å². The second kappa shape index (κ2) is 6.82. The van der Waals surface area contributed by atoms with Crippen LogP contribution in [0.5, 0.6) is 0 Å². The Labute approximate surface area is 159 Å². The van der Waals surface area contributed by atoms with E-state index in [2.05, 4.69) is 34.1 Å². The first-order chi connectivity index (χ1) is 13.3. The summed E-state index contributed by atoms with van der Waals surface area (Å²) < 4.78 is 1.91. The van der Waals surface area contributed by atoms with Gasteiger partial charge in [-0.25, -0.2) is 4.98 Å². The molecule has 5 rings (SSSR count). The Morgan fingerprint density at radius 2 is 1.78 bits per heavy atom. The van der Waals surface area contributed by atoms with E-state index in [0.717, 1.165) is 56.7 Å². The van der Waals surface area contributed by atoms with Gasteiger partial charge in [-0.2, -0.15) is 0 Å². The molecule has 0 radical (unpaired) electrons. The van der Waals surface area contributed by atoms with Gasteiger partial charge in [-0.1, -0.05) is 24.3 Å². The van der Waals surface area contributed by atoms with Crippen LogP contribution >= 0.6 is 0 Å². The second-order valence-corrected chi connectivity index (χ2v) is 7.62. The molecule has 0 unspecified atom stereocenters. The number of fused-ring (bicyclic) bond motifs is 2. The van der Waals surface area contributed by atoms with E-state index in [1.807, 2.05) is 33.8 Å². The molecule has 5 heteroatoms. The molecule has 3 heterocycles. The second-order valence-electron chi connectivity index (χ2n) is 7.62. The molecule has 0 atom stereocenters. The summed E-state index contributed by atoms with van der Waals surface area (Å²) in [5, 5.41) is 0. The molecule has 1 aromatic carbocycles. The molecule has 0 bridgehead atoms. The minimum atomic E-state index is 0.127. The third-order valence-corrected chi connectivity index (χ3v) is 6.00. The Bertz CT molecular complexity index is 954. The summed E-state index contributed by atoms with van der Waals surface area (Å²) in [5.74, 6) is 0.127. The Morgan fingerprint density at radius 3 is 2.59 bits per heavy atom. The average molecular weight is 360 g/mol. The predicted octanol–water partition coefficient (Wildman–Crippen LogP) is 2.65. The molecule has 27 heavy (non-hydrogen) atoms. The van der Waals surface area contributed by atoms with Crippen LogP contribution in [0.3, 0.4) is 0 Å². The van der Waals surface area contributed by atoms with Crippen molar-refractivity contribution in [1.29, 1.82) is 0 Å². The lowest BCUT2D eigenvalue weighted by Crippen LogP contribution is -2.40. The highest BCUT2D eigenvalue weighted by atomic mass is 16.2. The molecule has 1 saturated heterocycles. The van der Waals surface area contributed by atoms with E-state index in [9.17, 15) is 4.79 Å². The number of hydrogen-bond acceptors (Lipinski definition) is 3. The molecule has 2 aliphatic rings. The van der Waals surface area contributed by atoms with Crippen molar-refractivity contribution < 1.29 is 4.79 Å². The van der Waals surface area contributed by atoms with Crippen molar-refractivity contribution in [3.05, 3.63) is 71.7 Å². The monoisotopic (exact) mass is 360 g/mol. The Kier molecular flexibility index (Phi) is 4.17. The lowest BCUT2D eigenvalue weighted by atomic mass is 10.1. The first-order valence-electron chi connectivity index (χ1n) is 9.81. The van der Waals surface area contributed by atoms with Crippen molar-refractivity contribution in [1.82, 2.24) is 19.2 Å². The fourth-order valence-electron chi connectivity index (χ4n) is 4.53. The highest BCUT2D eigenvalue weighted by Gasteiger charge is 2.29. The van der Waals surface area contributed by atoms with Crippen molar-refractivity contribution in [2.75, 3.05) is 26.2 Å². The molecule has 0 spiro atoms. The maximum absolute atomic E-state index is 13.0. The molecular weight excluding hydrogens is 336 g/mol. The van der Waals surface area contributed by atoms with Gasteiger partial charge >= 0.3 is 0 Å². The molecule has 2 aromatic heterocycles. The zero-order chi connectivity index (χ0) is 18.2. The minimum absolute atomic E-state index is 0.127. The Hall–Kier alpha value is -2.66. The normalized spacial score (nSPS) is 18.6. The van der Waals surface area contributed by atoms with E-state index in [4.69, 9.17) is 0 Å². The number of carbonyl (C=O) groups excluding carboxylic acids is 1. The van der Waals surface area contributed by atoms with Crippen LogP contribution in [0.25, 0.3) is 5.65 Å². The van der Waals surface area contributed by atoms with E-state index >= 15 is 0 Å². The Morgan fingerprint density at radius 1 is 0.963 bits per heavy atom. The van der Waals surface area contributed by atoms with Crippen molar-refractivity contribution in [3.8, 4) is 0 Å². The number of aromatic nitrogens is 2. The van der Waals surface area contributed by atoms with Gasteiger partial charge in [0.2, 0.25) is 0 Å². The SMILES string of the molecule is O=C(c1ccc2nccn2c1)N1CCCN(C2Cc3ccccc3C2)CC1. The van der Waals surface area contributed by atoms with Crippen LogP contribution < -0.4 is 0 Å². The summed E-state index contributed by atoms with van der Waals surface area (Å²) in [6.07, 6.45) is 8.84. The third-order valence-electron chi connectivity index (χ3n) is 6.00. The van der Waals surface area contributed by atoms with Gasteiger partial charge in [0.05, 0.1) is 5.56 Å². The summed E-state index contributed by atoms with van der Waals surface area (Å²) in [4.78, 5) is 21.9. The molecule has 1 fully saturated rings. The van der Waals surface area contributed by atoms with Gasteiger partial charge < -0.3 is 9.30 Å². The molecule has 3 aromatic rings. The third kappa shape index (κ3) is 3.12. The van der Waals surface area contributed by atoms with Crippen LogP contribution in [0.15, 0.2) is 55.0 Å². The van der Waals surface area contributed by atoms with Gasteiger partial charge in [0.25, 0.3) is 5.91 Å². The number of rotatable bonds is 2. The number of hydrogen-bond donors (Lipinski definition) is 0. The van der Waals surface area contributed by atoms with Crippen molar-refractivity contribution >= 4 is 11.6 Å². The number of amides is 1. The smallest absolute Gasteiger partial charge is 0.255 e.